The zero-order valence-electron chi connectivity index (χ0n) is 20.6. The highest BCUT2D eigenvalue weighted by Gasteiger charge is 2.19. The molecule has 1 N–H and O–H groups in total. The quantitative estimate of drug-likeness (QED) is 0.473. The number of hydrogen-bond donors (Lipinski definition) is 1. The standard InChI is InChI=1S/C27H34N4O4/c1-34-23-14-13-20(18-24(23)35-2)27(33)28-15-9-12-25-29-21-10-5-6-11-22(21)31(25)19-26(32)30-16-7-3-4-8-17-30/h5-6,10-11,13-14,18H,3-4,7-9,12,15-17,19H2,1-2H3,(H,28,33). The van der Waals surface area contributed by atoms with Gasteiger partial charge in [0.2, 0.25) is 5.91 Å². The molecule has 1 aliphatic heterocycles. The molecular weight excluding hydrogens is 444 g/mol. The first kappa shape index (κ1) is 24.6. The predicted octanol–water partition coefficient (Wildman–Crippen LogP) is 3.82. The van der Waals surface area contributed by atoms with Crippen molar-refractivity contribution >= 4 is 22.8 Å². The van der Waals surface area contributed by atoms with E-state index in [-0.39, 0.29) is 11.8 Å². The van der Waals surface area contributed by atoms with Gasteiger partial charge in [0.05, 0.1) is 25.3 Å². The van der Waals surface area contributed by atoms with Gasteiger partial charge in [0, 0.05) is 31.6 Å². The van der Waals surface area contributed by atoms with Gasteiger partial charge in [-0.1, -0.05) is 25.0 Å². The third kappa shape index (κ3) is 5.93. The topological polar surface area (TPSA) is 85.7 Å². The molecule has 2 amide bonds. The van der Waals surface area contributed by atoms with Crippen molar-refractivity contribution in [3.8, 4) is 11.5 Å². The molecule has 1 aromatic heterocycles. The van der Waals surface area contributed by atoms with E-state index in [9.17, 15) is 9.59 Å². The molecule has 0 radical (unpaired) electrons. The van der Waals surface area contributed by atoms with Crippen LogP contribution in [0.15, 0.2) is 42.5 Å². The normalized spacial score (nSPS) is 13.9. The van der Waals surface area contributed by atoms with Crippen LogP contribution in [0.4, 0.5) is 0 Å². The molecule has 0 spiro atoms. The van der Waals surface area contributed by atoms with Crippen molar-refractivity contribution in [2.45, 2.75) is 45.1 Å². The maximum Gasteiger partial charge on any atom is 0.251 e. The highest BCUT2D eigenvalue weighted by molar-refractivity contribution is 5.94. The van der Waals surface area contributed by atoms with Gasteiger partial charge < -0.3 is 24.3 Å². The lowest BCUT2D eigenvalue weighted by molar-refractivity contribution is -0.131. The second kappa shape index (κ2) is 11.7. The van der Waals surface area contributed by atoms with E-state index in [0.717, 1.165) is 42.8 Å². The molecule has 1 fully saturated rings. The molecule has 0 bridgehead atoms. The van der Waals surface area contributed by atoms with Gasteiger partial charge in [-0.05, 0) is 49.6 Å². The lowest BCUT2D eigenvalue weighted by atomic mass is 10.2. The van der Waals surface area contributed by atoms with Crippen molar-refractivity contribution in [2.24, 2.45) is 0 Å². The molecule has 0 atom stereocenters. The van der Waals surface area contributed by atoms with E-state index in [0.29, 0.717) is 43.0 Å². The largest absolute Gasteiger partial charge is 0.493 e. The Morgan fingerprint density at radius 2 is 1.71 bits per heavy atom. The number of aromatic nitrogens is 2. The second-order valence-electron chi connectivity index (χ2n) is 8.83. The van der Waals surface area contributed by atoms with Crippen LogP contribution in [0.2, 0.25) is 0 Å². The number of nitrogens with zero attached hydrogens (tertiary/aromatic N) is 3. The van der Waals surface area contributed by atoms with Crippen molar-refractivity contribution in [2.75, 3.05) is 33.9 Å². The number of ether oxygens (including phenoxy) is 2. The number of benzene rings is 2. The number of carbonyl (C=O) groups is 2. The third-order valence-electron chi connectivity index (χ3n) is 6.49. The number of imidazole rings is 1. The summed E-state index contributed by atoms with van der Waals surface area (Å²) in [5, 5.41) is 2.96. The zero-order chi connectivity index (χ0) is 24.6. The second-order valence-corrected chi connectivity index (χ2v) is 8.83. The van der Waals surface area contributed by atoms with Crippen molar-refractivity contribution in [3.05, 3.63) is 53.9 Å². The van der Waals surface area contributed by atoms with Crippen molar-refractivity contribution in [1.29, 1.82) is 0 Å². The molecule has 4 rings (SSSR count). The molecule has 1 aliphatic rings. The van der Waals surface area contributed by atoms with E-state index >= 15 is 0 Å². The van der Waals surface area contributed by atoms with Crippen molar-refractivity contribution < 1.29 is 19.1 Å². The van der Waals surface area contributed by atoms with Crippen LogP contribution in [-0.2, 0) is 17.8 Å². The Labute approximate surface area is 206 Å². The molecule has 35 heavy (non-hydrogen) atoms. The average molecular weight is 479 g/mol. The van der Waals surface area contributed by atoms with Gasteiger partial charge in [-0.15, -0.1) is 0 Å². The molecule has 186 valence electrons. The Kier molecular flexibility index (Phi) is 8.23. The summed E-state index contributed by atoms with van der Waals surface area (Å²) in [6.45, 7) is 2.47. The number of para-hydroxylation sites is 2. The van der Waals surface area contributed by atoms with E-state index in [4.69, 9.17) is 14.5 Å². The summed E-state index contributed by atoms with van der Waals surface area (Å²) in [5.74, 6) is 1.95. The molecular formula is C27H34N4O4. The first-order valence-corrected chi connectivity index (χ1v) is 12.3. The smallest absolute Gasteiger partial charge is 0.251 e. The Morgan fingerprint density at radius 1 is 0.971 bits per heavy atom. The van der Waals surface area contributed by atoms with E-state index < -0.39 is 0 Å². The van der Waals surface area contributed by atoms with Crippen LogP contribution < -0.4 is 14.8 Å². The Balaban J connectivity index is 1.39. The monoisotopic (exact) mass is 478 g/mol. The first-order valence-electron chi connectivity index (χ1n) is 12.3. The van der Waals surface area contributed by atoms with Crippen LogP contribution in [0, 0.1) is 0 Å². The fraction of sp³-hybridized carbons (Fsp3) is 0.444. The number of nitrogens with one attached hydrogen (secondary N) is 1. The summed E-state index contributed by atoms with van der Waals surface area (Å²) in [6, 6.07) is 13.0. The fourth-order valence-corrected chi connectivity index (χ4v) is 4.58. The predicted molar refractivity (Wildman–Crippen MR) is 135 cm³/mol. The maximum atomic E-state index is 13.1. The lowest BCUT2D eigenvalue weighted by Crippen LogP contribution is -2.35. The molecule has 2 heterocycles. The first-order chi connectivity index (χ1) is 17.1. The van der Waals surface area contributed by atoms with Crippen LogP contribution >= 0.6 is 0 Å². The van der Waals surface area contributed by atoms with Crippen LogP contribution in [-0.4, -0.2) is 60.1 Å². The summed E-state index contributed by atoms with van der Waals surface area (Å²) in [4.78, 5) is 32.5. The summed E-state index contributed by atoms with van der Waals surface area (Å²) in [5.41, 5.74) is 2.37. The van der Waals surface area contributed by atoms with Gasteiger partial charge in [-0.25, -0.2) is 4.98 Å². The molecule has 8 nitrogen and oxygen atoms in total. The van der Waals surface area contributed by atoms with Crippen LogP contribution in [0.5, 0.6) is 11.5 Å². The molecule has 2 aromatic carbocycles. The number of methoxy groups -OCH3 is 2. The Bertz CT molecular complexity index is 1170. The molecule has 0 saturated carbocycles. The van der Waals surface area contributed by atoms with Crippen LogP contribution in [0.3, 0.4) is 0 Å². The minimum absolute atomic E-state index is 0.151. The van der Waals surface area contributed by atoms with E-state index in [1.54, 1.807) is 32.4 Å². The molecule has 3 aromatic rings. The highest BCUT2D eigenvalue weighted by atomic mass is 16.5. The van der Waals surface area contributed by atoms with Gasteiger partial charge in [0.25, 0.3) is 5.91 Å². The molecule has 0 unspecified atom stereocenters. The number of hydrogen-bond acceptors (Lipinski definition) is 5. The zero-order valence-corrected chi connectivity index (χ0v) is 20.6. The summed E-state index contributed by atoms with van der Waals surface area (Å²) in [7, 11) is 3.11. The van der Waals surface area contributed by atoms with Gasteiger partial charge >= 0.3 is 0 Å². The minimum atomic E-state index is -0.171. The number of rotatable bonds is 9. The number of fused-ring (bicyclic) bond motifs is 1. The molecule has 8 heteroatoms. The summed E-state index contributed by atoms with van der Waals surface area (Å²) < 4.78 is 12.6. The third-order valence-corrected chi connectivity index (χ3v) is 6.49. The van der Waals surface area contributed by atoms with E-state index in [1.807, 2.05) is 33.7 Å². The fourth-order valence-electron chi connectivity index (χ4n) is 4.58. The van der Waals surface area contributed by atoms with Gasteiger partial charge in [0.15, 0.2) is 11.5 Å². The van der Waals surface area contributed by atoms with Gasteiger partial charge in [0.1, 0.15) is 12.4 Å². The highest BCUT2D eigenvalue weighted by Crippen LogP contribution is 2.27. The SMILES string of the molecule is COc1ccc(C(=O)NCCCc2nc3ccccc3n2CC(=O)N2CCCCCC2)cc1OC. The van der Waals surface area contributed by atoms with Gasteiger partial charge in [-0.2, -0.15) is 0 Å². The molecule has 1 saturated heterocycles. The molecule has 0 aliphatic carbocycles. The van der Waals surface area contributed by atoms with Gasteiger partial charge in [-0.3, -0.25) is 9.59 Å². The van der Waals surface area contributed by atoms with E-state index in [2.05, 4.69) is 5.32 Å². The average Bonchev–Trinajstić information content (AvgIpc) is 3.04. The maximum absolute atomic E-state index is 13.1. The minimum Gasteiger partial charge on any atom is -0.493 e. The Morgan fingerprint density at radius 3 is 2.46 bits per heavy atom. The lowest BCUT2D eigenvalue weighted by Gasteiger charge is -2.21. The number of amides is 2. The number of aryl methyl sites for hydroxylation is 1. The van der Waals surface area contributed by atoms with Crippen LogP contribution in [0.25, 0.3) is 11.0 Å². The summed E-state index contributed by atoms with van der Waals surface area (Å²) >= 11 is 0. The Hall–Kier alpha value is -3.55. The van der Waals surface area contributed by atoms with Crippen LogP contribution in [0.1, 0.15) is 48.3 Å². The summed E-state index contributed by atoms with van der Waals surface area (Å²) in [6.07, 6.45) is 5.90. The number of carbonyl (C=O) groups excluding carboxylic acids is 2. The van der Waals surface area contributed by atoms with Crippen molar-refractivity contribution in [1.82, 2.24) is 19.8 Å². The number of likely N-dealkylation sites (tertiary alicyclic amines) is 1. The van der Waals surface area contributed by atoms with E-state index in [1.165, 1.54) is 12.8 Å². The van der Waals surface area contributed by atoms with Crippen molar-refractivity contribution in [3.63, 3.8) is 0 Å².